The topological polar surface area (TPSA) is 52.3 Å². The molecule has 1 atom stereocenters. The third-order valence-electron chi connectivity index (χ3n) is 2.13. The van der Waals surface area contributed by atoms with Crippen LogP contribution in [-0.4, -0.2) is 12.6 Å². The molecule has 0 aliphatic rings. The van der Waals surface area contributed by atoms with Gasteiger partial charge in [0.2, 0.25) is 0 Å². The summed E-state index contributed by atoms with van der Waals surface area (Å²) in [4.78, 5) is 11.5. The maximum Gasteiger partial charge on any atom is 0.313 e. The predicted molar refractivity (Wildman–Crippen MR) is 63.6 cm³/mol. The Kier molecular flexibility index (Phi) is 4.15. The normalized spacial score (nSPS) is 12.2. The Hall–Kier alpha value is -1.03. The molecule has 2 N–H and O–H groups in total. The van der Waals surface area contributed by atoms with Crippen molar-refractivity contribution in [1.82, 2.24) is 0 Å². The van der Waals surface area contributed by atoms with Crippen molar-refractivity contribution in [3.63, 3.8) is 0 Å². The summed E-state index contributed by atoms with van der Waals surface area (Å²) in [6.07, 6.45) is 0. The molecule has 0 amide bonds. The van der Waals surface area contributed by atoms with E-state index in [4.69, 9.17) is 10.5 Å². The number of carbonyl (C=O) groups is 1. The number of hydrogen-bond acceptors (Lipinski definition) is 3. The van der Waals surface area contributed by atoms with Crippen LogP contribution in [0.25, 0.3) is 0 Å². The molecule has 3 nitrogen and oxygen atoms in total. The second kappa shape index (κ2) is 5.16. The number of benzene rings is 1. The Morgan fingerprint density at radius 1 is 1.60 bits per heavy atom. The standard InChI is InChI=1S/C11H14BrNO2/c1-3-15-11(14)7(2)9-6-8(13)4-5-10(9)12/h4-7H,3,13H2,1-2H3. The quantitative estimate of drug-likeness (QED) is 0.680. The van der Waals surface area contributed by atoms with Crippen LogP contribution in [0.15, 0.2) is 22.7 Å². The van der Waals surface area contributed by atoms with Gasteiger partial charge in [0.25, 0.3) is 0 Å². The Labute approximate surface area is 97.7 Å². The third kappa shape index (κ3) is 2.96. The number of hydrogen-bond donors (Lipinski definition) is 1. The Balaban J connectivity index is 2.94. The lowest BCUT2D eigenvalue weighted by atomic mass is 10.0. The molecular formula is C11H14BrNO2. The van der Waals surface area contributed by atoms with E-state index < -0.39 is 0 Å². The lowest BCUT2D eigenvalue weighted by molar-refractivity contribution is -0.144. The van der Waals surface area contributed by atoms with Gasteiger partial charge in [0.15, 0.2) is 0 Å². The van der Waals surface area contributed by atoms with Crippen LogP contribution in [0.2, 0.25) is 0 Å². The van der Waals surface area contributed by atoms with Gasteiger partial charge in [-0.25, -0.2) is 0 Å². The van der Waals surface area contributed by atoms with E-state index in [9.17, 15) is 4.79 Å². The molecule has 15 heavy (non-hydrogen) atoms. The summed E-state index contributed by atoms with van der Waals surface area (Å²) in [5.41, 5.74) is 7.16. The number of ether oxygens (including phenoxy) is 1. The highest BCUT2D eigenvalue weighted by molar-refractivity contribution is 9.10. The van der Waals surface area contributed by atoms with Crippen LogP contribution in [-0.2, 0) is 9.53 Å². The van der Waals surface area contributed by atoms with E-state index in [0.717, 1.165) is 10.0 Å². The van der Waals surface area contributed by atoms with Crippen molar-refractivity contribution in [2.75, 3.05) is 12.3 Å². The highest BCUT2D eigenvalue weighted by Gasteiger charge is 2.18. The average molecular weight is 272 g/mol. The lowest BCUT2D eigenvalue weighted by Crippen LogP contribution is -2.13. The molecule has 0 spiro atoms. The van der Waals surface area contributed by atoms with E-state index in [0.29, 0.717) is 12.3 Å². The molecule has 1 aromatic rings. The molecular weight excluding hydrogens is 258 g/mol. The molecule has 0 bridgehead atoms. The van der Waals surface area contributed by atoms with Crippen molar-refractivity contribution >= 4 is 27.6 Å². The highest BCUT2D eigenvalue weighted by atomic mass is 79.9. The first-order valence-corrected chi connectivity index (χ1v) is 5.57. The van der Waals surface area contributed by atoms with Crippen LogP contribution >= 0.6 is 15.9 Å². The molecule has 82 valence electrons. The van der Waals surface area contributed by atoms with Crippen LogP contribution < -0.4 is 5.73 Å². The fraction of sp³-hybridized carbons (Fsp3) is 0.364. The first-order chi connectivity index (χ1) is 7.06. The molecule has 1 rings (SSSR count). The Morgan fingerprint density at radius 2 is 2.27 bits per heavy atom. The van der Waals surface area contributed by atoms with Gasteiger partial charge in [-0.1, -0.05) is 15.9 Å². The van der Waals surface area contributed by atoms with Crippen LogP contribution in [0, 0.1) is 0 Å². The number of rotatable bonds is 3. The number of nitrogens with two attached hydrogens (primary N) is 1. The largest absolute Gasteiger partial charge is 0.466 e. The first kappa shape index (κ1) is 12.0. The smallest absolute Gasteiger partial charge is 0.313 e. The van der Waals surface area contributed by atoms with Crippen molar-refractivity contribution in [3.05, 3.63) is 28.2 Å². The third-order valence-corrected chi connectivity index (χ3v) is 2.85. The summed E-state index contributed by atoms with van der Waals surface area (Å²) in [6.45, 7) is 3.99. The number of esters is 1. The Bertz CT molecular complexity index is 366. The van der Waals surface area contributed by atoms with Crippen molar-refractivity contribution < 1.29 is 9.53 Å². The second-order valence-corrected chi connectivity index (χ2v) is 4.11. The van der Waals surface area contributed by atoms with Crippen LogP contribution in [0.4, 0.5) is 5.69 Å². The Morgan fingerprint density at radius 3 is 2.87 bits per heavy atom. The van der Waals surface area contributed by atoms with Gasteiger partial charge in [-0.2, -0.15) is 0 Å². The van der Waals surface area contributed by atoms with Crippen LogP contribution in [0.3, 0.4) is 0 Å². The number of anilines is 1. The maximum absolute atomic E-state index is 11.5. The van der Waals surface area contributed by atoms with E-state index in [-0.39, 0.29) is 11.9 Å². The second-order valence-electron chi connectivity index (χ2n) is 3.25. The van der Waals surface area contributed by atoms with Crippen molar-refractivity contribution in [3.8, 4) is 0 Å². The highest BCUT2D eigenvalue weighted by Crippen LogP contribution is 2.27. The molecule has 0 heterocycles. The summed E-state index contributed by atoms with van der Waals surface area (Å²) in [5.74, 6) is -0.536. The van der Waals surface area contributed by atoms with E-state index in [1.165, 1.54) is 0 Å². The average Bonchev–Trinajstić information content (AvgIpc) is 2.21. The minimum atomic E-state index is -0.303. The zero-order valence-electron chi connectivity index (χ0n) is 8.79. The van der Waals surface area contributed by atoms with Gasteiger partial charge < -0.3 is 10.5 Å². The number of carbonyl (C=O) groups excluding carboxylic acids is 1. The molecule has 0 aliphatic heterocycles. The molecule has 1 unspecified atom stereocenters. The minimum absolute atomic E-state index is 0.233. The number of nitrogen functional groups attached to an aromatic ring is 1. The molecule has 0 aliphatic carbocycles. The van der Waals surface area contributed by atoms with Gasteiger partial charge in [-0.3, -0.25) is 4.79 Å². The zero-order valence-corrected chi connectivity index (χ0v) is 10.4. The van der Waals surface area contributed by atoms with Crippen LogP contribution in [0.5, 0.6) is 0 Å². The van der Waals surface area contributed by atoms with Crippen LogP contribution in [0.1, 0.15) is 25.3 Å². The fourth-order valence-electron chi connectivity index (χ4n) is 1.29. The van der Waals surface area contributed by atoms with Crippen molar-refractivity contribution in [2.45, 2.75) is 19.8 Å². The van der Waals surface area contributed by atoms with Gasteiger partial charge in [-0.05, 0) is 37.6 Å². The first-order valence-electron chi connectivity index (χ1n) is 4.77. The van der Waals surface area contributed by atoms with Gasteiger partial charge in [-0.15, -0.1) is 0 Å². The molecule has 0 saturated carbocycles. The molecule has 0 saturated heterocycles. The predicted octanol–water partition coefficient (Wildman–Crippen LogP) is 2.70. The molecule has 1 aromatic carbocycles. The van der Waals surface area contributed by atoms with Crippen molar-refractivity contribution in [2.24, 2.45) is 0 Å². The summed E-state index contributed by atoms with van der Waals surface area (Å²) < 4.78 is 5.82. The SMILES string of the molecule is CCOC(=O)C(C)c1cc(N)ccc1Br. The molecule has 4 heteroatoms. The van der Waals surface area contributed by atoms with E-state index >= 15 is 0 Å². The molecule has 0 fully saturated rings. The number of halogens is 1. The van der Waals surface area contributed by atoms with Crippen molar-refractivity contribution in [1.29, 1.82) is 0 Å². The van der Waals surface area contributed by atoms with Gasteiger partial charge in [0, 0.05) is 10.2 Å². The molecule has 0 aromatic heterocycles. The van der Waals surface area contributed by atoms with Gasteiger partial charge >= 0.3 is 5.97 Å². The maximum atomic E-state index is 11.5. The monoisotopic (exact) mass is 271 g/mol. The summed E-state index contributed by atoms with van der Waals surface area (Å²) in [6, 6.07) is 5.40. The van der Waals surface area contributed by atoms with Gasteiger partial charge in [0.1, 0.15) is 0 Å². The van der Waals surface area contributed by atoms with E-state index in [1.807, 2.05) is 6.07 Å². The van der Waals surface area contributed by atoms with Gasteiger partial charge in [0.05, 0.1) is 12.5 Å². The summed E-state index contributed by atoms with van der Waals surface area (Å²) in [5, 5.41) is 0. The summed E-state index contributed by atoms with van der Waals surface area (Å²) in [7, 11) is 0. The summed E-state index contributed by atoms with van der Waals surface area (Å²) >= 11 is 3.39. The lowest BCUT2D eigenvalue weighted by Gasteiger charge is -2.13. The van der Waals surface area contributed by atoms with E-state index in [2.05, 4.69) is 15.9 Å². The fourth-order valence-corrected chi connectivity index (χ4v) is 1.88. The zero-order chi connectivity index (χ0) is 11.4. The molecule has 0 radical (unpaired) electrons. The minimum Gasteiger partial charge on any atom is -0.466 e. The van der Waals surface area contributed by atoms with E-state index in [1.54, 1.807) is 26.0 Å².